The minimum Gasteiger partial charge on any atom is -0.369 e. The number of rotatable bonds is 6. The highest BCUT2D eigenvalue weighted by Gasteiger charge is 2.04. The quantitative estimate of drug-likeness (QED) is 0.585. The fraction of sp³-hybridized carbons (Fsp3) is 0.167. The first kappa shape index (κ1) is 14.2. The number of hydrogen-bond acceptors (Lipinski definition) is 2. The normalized spacial score (nSPS) is 10.8. The summed E-state index contributed by atoms with van der Waals surface area (Å²) in [7, 11) is 0. The molecule has 2 nitrogen and oxygen atoms in total. The molecule has 0 aliphatic rings. The minimum absolute atomic E-state index is 0.0121. The van der Waals surface area contributed by atoms with Gasteiger partial charge in [0.25, 0.3) is 0 Å². The van der Waals surface area contributed by atoms with Crippen molar-refractivity contribution in [3.05, 3.63) is 77.4 Å². The second-order valence-electron chi connectivity index (χ2n) is 4.62. The molecular weight excluding hydrogens is 248 g/mol. The van der Waals surface area contributed by atoms with Crippen molar-refractivity contribution >= 4 is 11.9 Å². The van der Waals surface area contributed by atoms with E-state index in [1.807, 2.05) is 73.7 Å². The van der Waals surface area contributed by atoms with Crippen molar-refractivity contribution in [2.24, 2.45) is 0 Å². The van der Waals surface area contributed by atoms with Crippen molar-refractivity contribution in [3.63, 3.8) is 0 Å². The maximum atomic E-state index is 11.8. The number of carbonyl (C=O) groups is 1. The van der Waals surface area contributed by atoms with E-state index in [0.29, 0.717) is 12.2 Å². The summed E-state index contributed by atoms with van der Waals surface area (Å²) in [5, 5.41) is 0. The Hall–Kier alpha value is -2.19. The predicted octanol–water partition coefficient (Wildman–Crippen LogP) is 3.91. The van der Waals surface area contributed by atoms with E-state index >= 15 is 0 Å². The number of aryl methyl sites for hydroxylation is 1. The molecular formula is C18H18O2. The lowest BCUT2D eigenvalue weighted by Gasteiger charge is -2.02. The van der Waals surface area contributed by atoms with Crippen molar-refractivity contribution in [2.45, 2.75) is 6.92 Å². The van der Waals surface area contributed by atoms with Crippen LogP contribution in [0.15, 0.2) is 60.7 Å². The van der Waals surface area contributed by atoms with E-state index in [9.17, 15) is 4.79 Å². The molecule has 0 spiro atoms. The van der Waals surface area contributed by atoms with Gasteiger partial charge in [-0.1, -0.05) is 72.3 Å². The van der Waals surface area contributed by atoms with Gasteiger partial charge in [0.05, 0.1) is 6.61 Å². The van der Waals surface area contributed by atoms with Crippen LogP contribution in [0.25, 0.3) is 6.08 Å². The molecule has 2 rings (SSSR count). The van der Waals surface area contributed by atoms with E-state index in [1.165, 1.54) is 0 Å². The topological polar surface area (TPSA) is 26.3 Å². The van der Waals surface area contributed by atoms with E-state index in [1.54, 1.807) is 0 Å². The van der Waals surface area contributed by atoms with Crippen molar-refractivity contribution in [1.29, 1.82) is 0 Å². The molecule has 2 aromatic rings. The van der Waals surface area contributed by atoms with Crippen molar-refractivity contribution in [2.75, 3.05) is 13.2 Å². The third-order valence-electron chi connectivity index (χ3n) is 2.93. The summed E-state index contributed by atoms with van der Waals surface area (Å²) in [6.45, 7) is 2.55. The summed E-state index contributed by atoms with van der Waals surface area (Å²) in [6, 6.07) is 17.5. The number of benzene rings is 2. The zero-order valence-electron chi connectivity index (χ0n) is 11.6. The third kappa shape index (κ3) is 4.48. The van der Waals surface area contributed by atoms with Crippen molar-refractivity contribution in [1.82, 2.24) is 0 Å². The van der Waals surface area contributed by atoms with Gasteiger partial charge in [-0.25, -0.2) is 0 Å². The van der Waals surface area contributed by atoms with Crippen LogP contribution in [0.4, 0.5) is 0 Å². The van der Waals surface area contributed by atoms with Crippen LogP contribution >= 0.6 is 0 Å². The second kappa shape index (κ2) is 7.41. The highest BCUT2D eigenvalue weighted by atomic mass is 16.5. The lowest BCUT2D eigenvalue weighted by Crippen LogP contribution is -2.08. The average molecular weight is 266 g/mol. The first-order chi connectivity index (χ1) is 9.75. The van der Waals surface area contributed by atoms with Gasteiger partial charge in [-0.2, -0.15) is 0 Å². The van der Waals surface area contributed by atoms with Gasteiger partial charge in [0.1, 0.15) is 6.61 Å². The molecule has 0 aliphatic carbocycles. The van der Waals surface area contributed by atoms with Crippen LogP contribution in [-0.2, 0) is 4.74 Å². The summed E-state index contributed by atoms with van der Waals surface area (Å²) in [6.07, 6.45) is 3.90. The lowest BCUT2D eigenvalue weighted by atomic mass is 10.1. The Bertz CT molecular complexity index is 568. The Morgan fingerprint density at radius 1 is 1.05 bits per heavy atom. The molecule has 0 aromatic heterocycles. The van der Waals surface area contributed by atoms with Gasteiger partial charge in [-0.05, 0) is 12.5 Å². The molecule has 0 aliphatic heterocycles. The van der Waals surface area contributed by atoms with Crippen molar-refractivity contribution in [3.8, 4) is 0 Å². The minimum atomic E-state index is 0.0121. The van der Waals surface area contributed by atoms with E-state index < -0.39 is 0 Å². The molecule has 0 saturated carbocycles. The Kier molecular flexibility index (Phi) is 5.27. The first-order valence-electron chi connectivity index (χ1n) is 6.65. The number of hydrogen-bond donors (Lipinski definition) is 0. The summed E-state index contributed by atoms with van der Waals surface area (Å²) >= 11 is 0. The monoisotopic (exact) mass is 266 g/mol. The SMILES string of the molecule is Cc1ccc(C(=O)COCC=Cc2ccccc2)cc1. The van der Waals surface area contributed by atoms with Gasteiger partial charge in [0, 0.05) is 5.56 Å². The van der Waals surface area contributed by atoms with Crippen LogP contribution in [0.5, 0.6) is 0 Å². The molecule has 2 aromatic carbocycles. The molecule has 0 bridgehead atoms. The van der Waals surface area contributed by atoms with Crippen LogP contribution in [-0.4, -0.2) is 19.0 Å². The molecule has 0 fully saturated rings. The smallest absolute Gasteiger partial charge is 0.188 e. The highest BCUT2D eigenvalue weighted by Crippen LogP contribution is 2.04. The molecule has 0 saturated heterocycles. The molecule has 0 N–H and O–H groups in total. The van der Waals surface area contributed by atoms with Gasteiger partial charge in [-0.15, -0.1) is 0 Å². The van der Waals surface area contributed by atoms with E-state index in [4.69, 9.17) is 4.74 Å². The van der Waals surface area contributed by atoms with Crippen LogP contribution in [0.2, 0.25) is 0 Å². The summed E-state index contributed by atoms with van der Waals surface area (Å²) in [5.41, 5.74) is 2.97. The second-order valence-corrected chi connectivity index (χ2v) is 4.62. The lowest BCUT2D eigenvalue weighted by molar-refractivity contribution is 0.0806. The molecule has 0 unspecified atom stereocenters. The Labute approximate surface area is 119 Å². The van der Waals surface area contributed by atoms with Crippen LogP contribution in [0.1, 0.15) is 21.5 Å². The maximum absolute atomic E-state index is 11.8. The molecule has 0 amide bonds. The Balaban J connectivity index is 1.74. The summed E-state index contributed by atoms with van der Waals surface area (Å²) < 4.78 is 5.37. The first-order valence-corrected chi connectivity index (χ1v) is 6.65. The number of carbonyl (C=O) groups excluding carboxylic acids is 1. The molecule has 2 heteroatoms. The average Bonchev–Trinajstić information content (AvgIpc) is 2.48. The molecule has 0 heterocycles. The fourth-order valence-corrected chi connectivity index (χ4v) is 1.79. The zero-order chi connectivity index (χ0) is 14.2. The van der Waals surface area contributed by atoms with Crippen LogP contribution in [0, 0.1) is 6.92 Å². The molecule has 0 atom stereocenters. The largest absolute Gasteiger partial charge is 0.369 e. The Morgan fingerprint density at radius 2 is 1.75 bits per heavy atom. The molecule has 0 radical (unpaired) electrons. The van der Waals surface area contributed by atoms with Gasteiger partial charge in [-0.3, -0.25) is 4.79 Å². The summed E-state index contributed by atoms with van der Waals surface area (Å²) in [5.74, 6) is 0.0121. The fourth-order valence-electron chi connectivity index (χ4n) is 1.79. The van der Waals surface area contributed by atoms with Crippen LogP contribution < -0.4 is 0 Å². The van der Waals surface area contributed by atoms with Crippen LogP contribution in [0.3, 0.4) is 0 Å². The van der Waals surface area contributed by atoms with E-state index in [-0.39, 0.29) is 12.4 Å². The maximum Gasteiger partial charge on any atom is 0.188 e. The highest BCUT2D eigenvalue weighted by molar-refractivity contribution is 5.97. The molecule has 102 valence electrons. The third-order valence-corrected chi connectivity index (χ3v) is 2.93. The van der Waals surface area contributed by atoms with Gasteiger partial charge >= 0.3 is 0 Å². The van der Waals surface area contributed by atoms with Gasteiger partial charge in [0.2, 0.25) is 0 Å². The number of ketones is 1. The van der Waals surface area contributed by atoms with Gasteiger partial charge < -0.3 is 4.74 Å². The molecule has 20 heavy (non-hydrogen) atoms. The van der Waals surface area contributed by atoms with E-state index in [0.717, 1.165) is 11.1 Å². The standard InChI is InChI=1S/C18H18O2/c1-15-9-11-17(12-10-15)18(19)14-20-13-5-8-16-6-3-2-4-7-16/h2-12H,13-14H2,1H3. The van der Waals surface area contributed by atoms with Gasteiger partial charge in [0.15, 0.2) is 5.78 Å². The number of ether oxygens (including phenoxy) is 1. The zero-order valence-corrected chi connectivity index (χ0v) is 11.6. The predicted molar refractivity (Wildman–Crippen MR) is 81.8 cm³/mol. The number of Topliss-reactive ketones (excluding diaryl/α,β-unsaturated/α-hetero) is 1. The summed E-state index contributed by atoms with van der Waals surface area (Å²) in [4.78, 5) is 11.8. The van der Waals surface area contributed by atoms with E-state index in [2.05, 4.69) is 0 Å². The van der Waals surface area contributed by atoms with Crippen molar-refractivity contribution < 1.29 is 9.53 Å². The Morgan fingerprint density at radius 3 is 2.45 bits per heavy atom.